The van der Waals surface area contributed by atoms with E-state index in [9.17, 15) is 4.79 Å². The topological polar surface area (TPSA) is 47.6 Å². The molecule has 0 aromatic heterocycles. The van der Waals surface area contributed by atoms with Crippen molar-refractivity contribution >= 4 is 5.97 Å². The average Bonchev–Trinajstić information content (AvgIpc) is 2.53. The summed E-state index contributed by atoms with van der Waals surface area (Å²) in [6, 6.07) is 10.0. The molecule has 4 nitrogen and oxygen atoms in total. The minimum atomic E-state index is -0.498. The Labute approximate surface area is 126 Å². The van der Waals surface area contributed by atoms with Crippen LogP contribution in [0.2, 0.25) is 0 Å². The highest BCUT2D eigenvalue weighted by atomic mass is 16.6. The van der Waals surface area contributed by atoms with Gasteiger partial charge in [-0.1, -0.05) is 36.4 Å². The fraction of sp³-hybridized carbons (Fsp3) is 0.471. The summed E-state index contributed by atoms with van der Waals surface area (Å²) in [5.41, 5.74) is 0.578. The van der Waals surface area contributed by atoms with Gasteiger partial charge in [0.2, 0.25) is 0 Å². The Kier molecular flexibility index (Phi) is 5.96. The third-order valence-electron chi connectivity index (χ3n) is 3.71. The minimum Gasteiger partial charge on any atom is -0.454 e. The Morgan fingerprint density at radius 1 is 1.29 bits per heavy atom. The smallest absolute Gasteiger partial charge is 0.309 e. The normalized spacial score (nSPS) is 17.1. The van der Waals surface area contributed by atoms with E-state index in [1.54, 1.807) is 6.08 Å². The molecule has 0 bridgehead atoms. The van der Waals surface area contributed by atoms with Crippen LogP contribution in [0.25, 0.3) is 0 Å². The van der Waals surface area contributed by atoms with Crippen LogP contribution in [0.15, 0.2) is 43.0 Å². The lowest BCUT2D eigenvalue weighted by Crippen LogP contribution is -2.43. The van der Waals surface area contributed by atoms with Crippen LogP contribution in [0.1, 0.15) is 24.8 Å². The molecule has 1 aromatic rings. The molecule has 1 N–H and O–H groups in total. The van der Waals surface area contributed by atoms with Crippen molar-refractivity contribution < 1.29 is 14.3 Å². The summed E-state index contributed by atoms with van der Waals surface area (Å²) in [6.45, 7) is 6.11. The van der Waals surface area contributed by atoms with Crippen LogP contribution in [0.4, 0.5) is 0 Å². The Morgan fingerprint density at radius 3 is 2.67 bits per heavy atom. The molecule has 0 amide bonds. The molecular weight excluding hydrogens is 266 g/mol. The van der Waals surface area contributed by atoms with E-state index in [0.717, 1.165) is 31.5 Å². The number of hydrogen-bond donors (Lipinski definition) is 1. The van der Waals surface area contributed by atoms with Crippen molar-refractivity contribution in [3.05, 3.63) is 48.6 Å². The zero-order chi connectivity index (χ0) is 15.0. The summed E-state index contributed by atoms with van der Waals surface area (Å²) in [6.07, 6.45) is 3.55. The summed E-state index contributed by atoms with van der Waals surface area (Å²) in [5, 5.41) is 3.32. The standard InChI is InChI=1S/C17H23NO3/c1-2-13-20-14-8-16(19)21-17(9-11-18-12-10-17)15-6-4-3-5-7-15/h2-7,18H,1,8-14H2. The number of carbonyl (C=O) groups is 1. The van der Waals surface area contributed by atoms with Crippen LogP contribution in [0, 0.1) is 0 Å². The van der Waals surface area contributed by atoms with E-state index in [2.05, 4.69) is 11.9 Å². The molecule has 1 heterocycles. The Morgan fingerprint density at radius 2 is 2.00 bits per heavy atom. The van der Waals surface area contributed by atoms with Crippen molar-refractivity contribution in [1.82, 2.24) is 5.32 Å². The highest BCUT2D eigenvalue weighted by Gasteiger charge is 2.37. The molecule has 0 spiro atoms. The third-order valence-corrected chi connectivity index (χ3v) is 3.71. The zero-order valence-corrected chi connectivity index (χ0v) is 12.3. The molecule has 0 atom stereocenters. The minimum absolute atomic E-state index is 0.204. The lowest BCUT2D eigenvalue weighted by atomic mass is 9.85. The van der Waals surface area contributed by atoms with E-state index >= 15 is 0 Å². The number of nitrogens with one attached hydrogen (secondary N) is 1. The maximum atomic E-state index is 12.1. The van der Waals surface area contributed by atoms with Gasteiger partial charge in [-0.3, -0.25) is 4.79 Å². The van der Waals surface area contributed by atoms with E-state index in [-0.39, 0.29) is 12.4 Å². The van der Waals surface area contributed by atoms with Gasteiger partial charge in [0, 0.05) is 12.8 Å². The van der Waals surface area contributed by atoms with Crippen LogP contribution in [-0.2, 0) is 19.9 Å². The lowest BCUT2D eigenvalue weighted by molar-refractivity contribution is -0.165. The predicted octanol–water partition coefficient (Wildman–Crippen LogP) is 2.40. The maximum Gasteiger partial charge on any atom is 0.309 e. The van der Waals surface area contributed by atoms with Gasteiger partial charge in [-0.05, 0) is 18.7 Å². The molecule has 1 saturated heterocycles. The summed E-state index contributed by atoms with van der Waals surface area (Å²) in [4.78, 5) is 12.1. The van der Waals surface area contributed by atoms with E-state index in [1.807, 2.05) is 30.3 Å². The second-order valence-corrected chi connectivity index (χ2v) is 5.20. The van der Waals surface area contributed by atoms with Gasteiger partial charge in [0.15, 0.2) is 0 Å². The quantitative estimate of drug-likeness (QED) is 0.476. The van der Waals surface area contributed by atoms with Crippen molar-refractivity contribution in [2.24, 2.45) is 0 Å². The van der Waals surface area contributed by atoms with Crippen molar-refractivity contribution in [3.63, 3.8) is 0 Å². The van der Waals surface area contributed by atoms with Crippen LogP contribution in [0.5, 0.6) is 0 Å². The number of carbonyl (C=O) groups excluding carboxylic acids is 1. The van der Waals surface area contributed by atoms with Gasteiger partial charge < -0.3 is 14.8 Å². The number of benzene rings is 1. The molecule has 2 rings (SSSR count). The first-order valence-corrected chi connectivity index (χ1v) is 7.43. The van der Waals surface area contributed by atoms with Crippen molar-refractivity contribution in [2.75, 3.05) is 26.3 Å². The largest absolute Gasteiger partial charge is 0.454 e. The van der Waals surface area contributed by atoms with Crippen molar-refractivity contribution in [2.45, 2.75) is 24.9 Å². The fourth-order valence-electron chi connectivity index (χ4n) is 2.61. The molecule has 0 saturated carbocycles. The molecule has 1 aromatic carbocycles. The van der Waals surface area contributed by atoms with Crippen LogP contribution >= 0.6 is 0 Å². The molecule has 1 aliphatic rings. The molecular formula is C17H23NO3. The van der Waals surface area contributed by atoms with Crippen LogP contribution in [-0.4, -0.2) is 32.3 Å². The molecule has 1 fully saturated rings. The Balaban J connectivity index is 2.00. The SMILES string of the molecule is C=CCOCCC(=O)OC1(c2ccccc2)CCNCC1. The molecule has 0 unspecified atom stereocenters. The van der Waals surface area contributed by atoms with E-state index < -0.39 is 5.60 Å². The lowest BCUT2D eigenvalue weighted by Gasteiger charge is -2.37. The fourth-order valence-corrected chi connectivity index (χ4v) is 2.61. The second kappa shape index (κ2) is 7.96. The zero-order valence-electron chi connectivity index (χ0n) is 12.3. The van der Waals surface area contributed by atoms with Gasteiger partial charge >= 0.3 is 5.97 Å². The van der Waals surface area contributed by atoms with Crippen LogP contribution < -0.4 is 5.32 Å². The van der Waals surface area contributed by atoms with Gasteiger partial charge in [-0.25, -0.2) is 0 Å². The first kappa shape index (κ1) is 15.7. The molecule has 0 radical (unpaired) electrons. The van der Waals surface area contributed by atoms with Gasteiger partial charge in [0.25, 0.3) is 0 Å². The summed E-state index contributed by atoms with van der Waals surface area (Å²) >= 11 is 0. The molecule has 1 aliphatic heterocycles. The molecule has 114 valence electrons. The Bertz CT molecular complexity index is 452. The summed E-state index contributed by atoms with van der Waals surface area (Å²) in [7, 11) is 0. The molecule has 0 aliphatic carbocycles. The van der Waals surface area contributed by atoms with Crippen LogP contribution in [0.3, 0.4) is 0 Å². The van der Waals surface area contributed by atoms with E-state index in [4.69, 9.17) is 9.47 Å². The van der Waals surface area contributed by atoms with Crippen molar-refractivity contribution in [1.29, 1.82) is 0 Å². The summed E-state index contributed by atoms with van der Waals surface area (Å²) in [5.74, 6) is -0.204. The number of esters is 1. The van der Waals surface area contributed by atoms with E-state index in [0.29, 0.717) is 13.2 Å². The first-order chi connectivity index (χ1) is 10.3. The van der Waals surface area contributed by atoms with Gasteiger partial charge in [-0.15, -0.1) is 6.58 Å². The monoisotopic (exact) mass is 289 g/mol. The molecule has 4 heteroatoms. The van der Waals surface area contributed by atoms with E-state index in [1.165, 1.54) is 0 Å². The van der Waals surface area contributed by atoms with Gasteiger partial charge in [0.05, 0.1) is 19.6 Å². The van der Waals surface area contributed by atoms with Gasteiger partial charge in [-0.2, -0.15) is 0 Å². The number of hydrogen-bond acceptors (Lipinski definition) is 4. The average molecular weight is 289 g/mol. The highest BCUT2D eigenvalue weighted by molar-refractivity contribution is 5.70. The maximum absolute atomic E-state index is 12.1. The predicted molar refractivity (Wildman–Crippen MR) is 81.9 cm³/mol. The second-order valence-electron chi connectivity index (χ2n) is 5.20. The summed E-state index contributed by atoms with van der Waals surface area (Å²) < 4.78 is 11.1. The first-order valence-electron chi connectivity index (χ1n) is 7.43. The number of ether oxygens (including phenoxy) is 2. The third kappa shape index (κ3) is 4.41. The van der Waals surface area contributed by atoms with Gasteiger partial charge in [0.1, 0.15) is 5.60 Å². The number of piperidine rings is 1. The van der Waals surface area contributed by atoms with Crippen molar-refractivity contribution in [3.8, 4) is 0 Å². The Hall–Kier alpha value is -1.65. The number of rotatable bonds is 7. The highest BCUT2D eigenvalue weighted by Crippen LogP contribution is 2.35. The molecule has 21 heavy (non-hydrogen) atoms.